The van der Waals surface area contributed by atoms with Gasteiger partial charge in [-0.25, -0.2) is 0 Å². The van der Waals surface area contributed by atoms with Gasteiger partial charge in [-0.05, 0) is 31.1 Å². The highest BCUT2D eigenvalue weighted by Crippen LogP contribution is 2.27. The molecule has 0 aromatic rings. The van der Waals surface area contributed by atoms with E-state index in [0.29, 0.717) is 12.0 Å². The normalized spacial score (nSPS) is 29.3. The van der Waals surface area contributed by atoms with Gasteiger partial charge in [0.25, 0.3) is 0 Å². The van der Waals surface area contributed by atoms with Gasteiger partial charge in [0, 0.05) is 6.04 Å². The first-order valence-electron chi connectivity index (χ1n) is 7.04. The third-order valence-electron chi connectivity index (χ3n) is 3.66. The van der Waals surface area contributed by atoms with Crippen molar-refractivity contribution in [3.63, 3.8) is 0 Å². The molecule has 1 aliphatic carbocycles. The summed E-state index contributed by atoms with van der Waals surface area (Å²) in [4.78, 5) is 0. The first-order chi connectivity index (χ1) is 8.02. The van der Waals surface area contributed by atoms with Crippen LogP contribution in [0.25, 0.3) is 0 Å². The molecule has 4 atom stereocenters. The maximum Gasteiger partial charge on any atom is 0.0959 e. The number of aliphatic hydroxyl groups excluding tert-OH is 1. The summed E-state index contributed by atoms with van der Waals surface area (Å²) in [6, 6.07) is -0.0442. The lowest BCUT2D eigenvalue weighted by molar-refractivity contribution is -0.0725. The van der Waals surface area contributed by atoms with E-state index in [4.69, 9.17) is 10.5 Å². The summed E-state index contributed by atoms with van der Waals surface area (Å²) < 4.78 is 6.00. The van der Waals surface area contributed by atoms with Gasteiger partial charge in [-0.1, -0.05) is 33.6 Å². The second kappa shape index (κ2) is 7.34. The van der Waals surface area contributed by atoms with E-state index in [2.05, 4.69) is 20.8 Å². The second-order valence-electron chi connectivity index (χ2n) is 6.04. The van der Waals surface area contributed by atoms with Gasteiger partial charge in [0.2, 0.25) is 0 Å². The summed E-state index contributed by atoms with van der Waals surface area (Å²) in [6.45, 7) is 6.62. The van der Waals surface area contributed by atoms with Gasteiger partial charge < -0.3 is 15.6 Å². The minimum absolute atomic E-state index is 0.0404. The maximum atomic E-state index is 9.40. The largest absolute Gasteiger partial charge is 0.394 e. The predicted molar refractivity (Wildman–Crippen MR) is 70.8 cm³/mol. The Labute approximate surface area is 106 Å². The standard InChI is InChI=1S/C14H29NO2/c1-10(2)7-13(15)14(9-16)17-12-6-4-5-11(3)8-12/h10-14,16H,4-9,15H2,1-3H3. The van der Waals surface area contributed by atoms with Crippen LogP contribution in [-0.4, -0.2) is 30.0 Å². The molecular weight excluding hydrogens is 214 g/mol. The number of hydrogen-bond donors (Lipinski definition) is 2. The maximum absolute atomic E-state index is 9.40. The number of rotatable bonds is 6. The lowest BCUT2D eigenvalue weighted by atomic mass is 9.88. The molecule has 0 radical (unpaired) electrons. The Balaban J connectivity index is 2.39. The first-order valence-corrected chi connectivity index (χ1v) is 7.04. The van der Waals surface area contributed by atoms with Crippen LogP contribution in [0.3, 0.4) is 0 Å². The molecule has 0 saturated heterocycles. The Kier molecular flexibility index (Phi) is 6.45. The monoisotopic (exact) mass is 243 g/mol. The van der Waals surface area contributed by atoms with Crippen molar-refractivity contribution in [3.05, 3.63) is 0 Å². The number of nitrogens with two attached hydrogens (primary N) is 1. The Morgan fingerprint density at radius 1 is 1.35 bits per heavy atom. The van der Waals surface area contributed by atoms with Crippen LogP contribution in [0.1, 0.15) is 52.9 Å². The number of ether oxygens (including phenoxy) is 1. The summed E-state index contributed by atoms with van der Waals surface area (Å²) in [5.41, 5.74) is 6.10. The van der Waals surface area contributed by atoms with Gasteiger partial charge in [0.05, 0.1) is 18.8 Å². The molecule has 0 aromatic heterocycles. The van der Waals surface area contributed by atoms with E-state index in [-0.39, 0.29) is 18.8 Å². The van der Waals surface area contributed by atoms with Crippen molar-refractivity contribution in [1.29, 1.82) is 0 Å². The molecule has 0 amide bonds. The van der Waals surface area contributed by atoms with Crippen molar-refractivity contribution in [2.45, 2.75) is 71.1 Å². The Bertz CT molecular complexity index is 208. The highest BCUT2D eigenvalue weighted by atomic mass is 16.5. The van der Waals surface area contributed by atoms with Crippen molar-refractivity contribution in [3.8, 4) is 0 Å². The molecule has 0 heterocycles. The summed E-state index contributed by atoms with van der Waals surface area (Å²) in [5, 5.41) is 9.40. The molecule has 3 heteroatoms. The molecule has 4 unspecified atom stereocenters. The minimum atomic E-state index is -0.187. The molecular formula is C14H29NO2. The zero-order valence-corrected chi connectivity index (χ0v) is 11.6. The lowest BCUT2D eigenvalue weighted by Gasteiger charge is -2.32. The fourth-order valence-electron chi connectivity index (χ4n) is 2.72. The smallest absolute Gasteiger partial charge is 0.0959 e. The van der Waals surface area contributed by atoms with Crippen molar-refractivity contribution >= 4 is 0 Å². The van der Waals surface area contributed by atoms with E-state index < -0.39 is 0 Å². The van der Waals surface area contributed by atoms with Crippen molar-refractivity contribution in [2.75, 3.05) is 6.61 Å². The quantitative estimate of drug-likeness (QED) is 0.752. The van der Waals surface area contributed by atoms with Gasteiger partial charge in [0.1, 0.15) is 0 Å². The summed E-state index contributed by atoms with van der Waals surface area (Å²) in [7, 11) is 0. The van der Waals surface area contributed by atoms with Crippen LogP contribution in [-0.2, 0) is 4.74 Å². The topological polar surface area (TPSA) is 55.5 Å². The Hall–Kier alpha value is -0.120. The third kappa shape index (κ3) is 5.36. The molecule has 0 spiro atoms. The molecule has 102 valence electrons. The first kappa shape index (κ1) is 14.9. The molecule has 17 heavy (non-hydrogen) atoms. The van der Waals surface area contributed by atoms with Crippen LogP contribution in [0.5, 0.6) is 0 Å². The number of aliphatic hydroxyl groups is 1. The Morgan fingerprint density at radius 2 is 2.06 bits per heavy atom. The molecule has 1 fully saturated rings. The fraction of sp³-hybridized carbons (Fsp3) is 1.00. The van der Waals surface area contributed by atoms with Gasteiger partial charge in [0.15, 0.2) is 0 Å². The fourth-order valence-corrected chi connectivity index (χ4v) is 2.72. The van der Waals surface area contributed by atoms with Crippen LogP contribution in [0.15, 0.2) is 0 Å². The van der Waals surface area contributed by atoms with Gasteiger partial charge in [-0.15, -0.1) is 0 Å². The molecule has 1 aliphatic rings. The van der Waals surface area contributed by atoms with E-state index in [9.17, 15) is 5.11 Å². The molecule has 0 bridgehead atoms. The average Bonchev–Trinajstić information content (AvgIpc) is 2.24. The Morgan fingerprint density at radius 3 is 2.59 bits per heavy atom. The van der Waals surface area contributed by atoms with Gasteiger partial charge in [-0.2, -0.15) is 0 Å². The van der Waals surface area contributed by atoms with E-state index in [0.717, 1.165) is 25.2 Å². The van der Waals surface area contributed by atoms with E-state index in [1.165, 1.54) is 12.8 Å². The number of hydrogen-bond acceptors (Lipinski definition) is 3. The molecule has 0 aromatic carbocycles. The predicted octanol–water partition coefficient (Wildman–Crippen LogP) is 2.32. The van der Waals surface area contributed by atoms with Crippen LogP contribution in [0.2, 0.25) is 0 Å². The minimum Gasteiger partial charge on any atom is -0.394 e. The van der Waals surface area contributed by atoms with E-state index in [1.54, 1.807) is 0 Å². The average molecular weight is 243 g/mol. The molecule has 3 nitrogen and oxygen atoms in total. The second-order valence-corrected chi connectivity index (χ2v) is 6.04. The van der Waals surface area contributed by atoms with Crippen molar-refractivity contribution in [1.82, 2.24) is 0 Å². The SMILES string of the molecule is CC(C)CC(N)C(CO)OC1CCCC(C)C1. The zero-order chi connectivity index (χ0) is 12.8. The van der Waals surface area contributed by atoms with Crippen LogP contribution >= 0.6 is 0 Å². The van der Waals surface area contributed by atoms with Crippen molar-refractivity contribution in [2.24, 2.45) is 17.6 Å². The third-order valence-corrected chi connectivity index (χ3v) is 3.66. The zero-order valence-electron chi connectivity index (χ0n) is 11.6. The van der Waals surface area contributed by atoms with Gasteiger partial charge >= 0.3 is 0 Å². The van der Waals surface area contributed by atoms with E-state index >= 15 is 0 Å². The molecule has 1 saturated carbocycles. The summed E-state index contributed by atoms with van der Waals surface area (Å²) in [6.07, 6.45) is 5.81. The van der Waals surface area contributed by atoms with Crippen LogP contribution in [0, 0.1) is 11.8 Å². The molecule has 1 rings (SSSR count). The van der Waals surface area contributed by atoms with Crippen molar-refractivity contribution < 1.29 is 9.84 Å². The van der Waals surface area contributed by atoms with Crippen LogP contribution in [0.4, 0.5) is 0 Å². The summed E-state index contributed by atoms with van der Waals surface area (Å²) >= 11 is 0. The molecule has 0 aliphatic heterocycles. The van der Waals surface area contributed by atoms with Gasteiger partial charge in [-0.3, -0.25) is 0 Å². The summed E-state index contributed by atoms with van der Waals surface area (Å²) in [5.74, 6) is 1.29. The highest BCUT2D eigenvalue weighted by molar-refractivity contribution is 4.78. The molecule has 3 N–H and O–H groups in total. The van der Waals surface area contributed by atoms with E-state index in [1.807, 2.05) is 0 Å². The highest BCUT2D eigenvalue weighted by Gasteiger charge is 2.26. The van der Waals surface area contributed by atoms with Crippen LogP contribution < -0.4 is 5.73 Å². The lowest BCUT2D eigenvalue weighted by Crippen LogP contribution is -2.43.